The van der Waals surface area contributed by atoms with E-state index >= 15 is 0 Å². The molecular formula is C16H15BrFNO. The quantitative estimate of drug-likeness (QED) is 0.902. The molecule has 0 atom stereocenters. The molecule has 0 saturated heterocycles. The summed E-state index contributed by atoms with van der Waals surface area (Å²) in [4.78, 5) is 12.0. The Morgan fingerprint density at radius 1 is 1.20 bits per heavy atom. The van der Waals surface area contributed by atoms with Gasteiger partial charge in [-0.05, 0) is 64.7 Å². The van der Waals surface area contributed by atoms with Gasteiger partial charge in [0.25, 0.3) is 5.91 Å². The topological polar surface area (TPSA) is 29.1 Å². The maximum Gasteiger partial charge on any atom is 0.252 e. The number of hydrogen-bond acceptors (Lipinski definition) is 1. The molecule has 2 rings (SSSR count). The van der Waals surface area contributed by atoms with Crippen molar-refractivity contribution in [3.63, 3.8) is 0 Å². The van der Waals surface area contributed by atoms with Crippen LogP contribution in [0.1, 0.15) is 21.5 Å². The lowest BCUT2D eigenvalue weighted by atomic mass is 10.1. The first-order chi connectivity index (χ1) is 9.56. The van der Waals surface area contributed by atoms with Crippen LogP contribution in [-0.4, -0.2) is 12.5 Å². The predicted molar refractivity (Wildman–Crippen MR) is 81.3 cm³/mol. The minimum atomic E-state index is -0.249. The lowest BCUT2D eigenvalue weighted by Crippen LogP contribution is -2.26. The van der Waals surface area contributed by atoms with E-state index in [0.29, 0.717) is 18.5 Å². The smallest absolute Gasteiger partial charge is 0.252 e. The van der Waals surface area contributed by atoms with Crippen LogP contribution < -0.4 is 5.32 Å². The molecule has 1 N–H and O–H groups in total. The minimum Gasteiger partial charge on any atom is -0.352 e. The second-order valence-electron chi connectivity index (χ2n) is 4.62. The summed E-state index contributed by atoms with van der Waals surface area (Å²) in [7, 11) is 0. The van der Waals surface area contributed by atoms with Gasteiger partial charge in [0.1, 0.15) is 5.82 Å². The van der Waals surface area contributed by atoms with Gasteiger partial charge in [-0.2, -0.15) is 0 Å². The maximum atomic E-state index is 12.8. The van der Waals surface area contributed by atoms with Gasteiger partial charge >= 0.3 is 0 Å². The van der Waals surface area contributed by atoms with Crippen molar-refractivity contribution < 1.29 is 9.18 Å². The van der Waals surface area contributed by atoms with Crippen LogP contribution in [0.5, 0.6) is 0 Å². The van der Waals surface area contributed by atoms with Crippen LogP contribution in [-0.2, 0) is 6.42 Å². The van der Waals surface area contributed by atoms with Crippen molar-refractivity contribution in [2.45, 2.75) is 13.3 Å². The molecule has 2 aromatic rings. The van der Waals surface area contributed by atoms with Gasteiger partial charge in [0.05, 0.1) is 5.56 Å². The van der Waals surface area contributed by atoms with Gasteiger partial charge in [-0.25, -0.2) is 4.39 Å². The van der Waals surface area contributed by atoms with Gasteiger partial charge < -0.3 is 5.32 Å². The van der Waals surface area contributed by atoms with Crippen LogP contribution in [0.25, 0.3) is 0 Å². The molecule has 0 aliphatic rings. The van der Waals surface area contributed by atoms with E-state index in [2.05, 4.69) is 21.2 Å². The third-order valence-electron chi connectivity index (χ3n) is 2.98. The molecule has 2 nitrogen and oxygen atoms in total. The van der Waals surface area contributed by atoms with Crippen molar-refractivity contribution in [1.29, 1.82) is 0 Å². The fourth-order valence-electron chi connectivity index (χ4n) is 1.87. The third-order valence-corrected chi connectivity index (χ3v) is 3.64. The van der Waals surface area contributed by atoms with Gasteiger partial charge in [0.2, 0.25) is 0 Å². The molecule has 1 amide bonds. The highest BCUT2D eigenvalue weighted by Gasteiger charge is 2.09. The molecule has 4 heteroatoms. The molecule has 0 saturated carbocycles. The summed E-state index contributed by atoms with van der Waals surface area (Å²) < 4.78 is 13.5. The Morgan fingerprint density at radius 2 is 1.90 bits per heavy atom. The molecule has 0 fully saturated rings. The molecule has 0 heterocycles. The second-order valence-corrected chi connectivity index (χ2v) is 5.47. The highest BCUT2D eigenvalue weighted by Crippen LogP contribution is 2.18. The van der Waals surface area contributed by atoms with Gasteiger partial charge in [-0.1, -0.05) is 18.2 Å². The normalized spacial score (nSPS) is 10.3. The molecule has 0 aliphatic heterocycles. The van der Waals surface area contributed by atoms with Gasteiger partial charge in [-0.3, -0.25) is 4.79 Å². The summed E-state index contributed by atoms with van der Waals surface area (Å²) in [5, 5.41) is 2.86. The van der Waals surface area contributed by atoms with E-state index in [-0.39, 0.29) is 11.7 Å². The standard InChI is InChI=1S/C16H15BrFNO/c1-11-2-7-14(15(17)10-11)16(20)19-9-8-12-3-5-13(18)6-4-12/h2-7,10H,8-9H2,1H3,(H,19,20). The van der Waals surface area contributed by atoms with E-state index in [9.17, 15) is 9.18 Å². The predicted octanol–water partition coefficient (Wildman–Crippen LogP) is 3.87. The van der Waals surface area contributed by atoms with Crippen LogP contribution in [0.4, 0.5) is 4.39 Å². The minimum absolute atomic E-state index is 0.112. The largest absolute Gasteiger partial charge is 0.352 e. The molecule has 0 aliphatic carbocycles. The van der Waals surface area contributed by atoms with E-state index in [1.807, 2.05) is 19.1 Å². The summed E-state index contributed by atoms with van der Waals surface area (Å²) in [6.45, 7) is 2.49. The summed E-state index contributed by atoms with van der Waals surface area (Å²) in [6, 6.07) is 11.9. The van der Waals surface area contributed by atoms with Crippen molar-refractivity contribution in [2.75, 3.05) is 6.54 Å². The molecular weight excluding hydrogens is 321 g/mol. The van der Waals surface area contributed by atoms with Crippen LogP contribution >= 0.6 is 15.9 Å². The van der Waals surface area contributed by atoms with Crippen LogP contribution in [0, 0.1) is 12.7 Å². The summed E-state index contributed by atoms with van der Waals surface area (Å²) >= 11 is 3.39. The number of amides is 1. The molecule has 2 aromatic carbocycles. The number of nitrogens with one attached hydrogen (secondary N) is 1. The zero-order chi connectivity index (χ0) is 14.5. The summed E-state index contributed by atoms with van der Waals surface area (Å²) in [6.07, 6.45) is 0.676. The number of carbonyl (C=O) groups is 1. The Labute approximate surface area is 126 Å². The molecule has 0 unspecified atom stereocenters. The number of benzene rings is 2. The van der Waals surface area contributed by atoms with Crippen molar-refractivity contribution in [3.8, 4) is 0 Å². The van der Waals surface area contributed by atoms with E-state index in [0.717, 1.165) is 15.6 Å². The van der Waals surface area contributed by atoms with E-state index < -0.39 is 0 Å². The first kappa shape index (κ1) is 14.7. The molecule has 0 spiro atoms. The molecule has 0 radical (unpaired) electrons. The van der Waals surface area contributed by atoms with Gasteiger partial charge in [-0.15, -0.1) is 0 Å². The lowest BCUT2D eigenvalue weighted by molar-refractivity contribution is 0.0953. The lowest BCUT2D eigenvalue weighted by Gasteiger charge is -2.07. The van der Waals surface area contributed by atoms with Crippen LogP contribution in [0.3, 0.4) is 0 Å². The Kier molecular flexibility index (Phi) is 4.90. The van der Waals surface area contributed by atoms with Crippen molar-refractivity contribution in [3.05, 3.63) is 69.4 Å². The number of hydrogen-bond donors (Lipinski definition) is 1. The van der Waals surface area contributed by atoms with Gasteiger partial charge in [0.15, 0.2) is 0 Å². The summed E-state index contributed by atoms with van der Waals surface area (Å²) in [5.41, 5.74) is 2.71. The second kappa shape index (κ2) is 6.66. The number of halogens is 2. The van der Waals surface area contributed by atoms with Crippen molar-refractivity contribution in [1.82, 2.24) is 5.32 Å². The average molecular weight is 336 g/mol. The molecule has 0 aromatic heterocycles. The SMILES string of the molecule is Cc1ccc(C(=O)NCCc2ccc(F)cc2)c(Br)c1. The maximum absolute atomic E-state index is 12.8. The Hall–Kier alpha value is -1.68. The van der Waals surface area contributed by atoms with E-state index in [4.69, 9.17) is 0 Å². The Morgan fingerprint density at radius 3 is 2.55 bits per heavy atom. The molecule has 20 heavy (non-hydrogen) atoms. The zero-order valence-electron chi connectivity index (χ0n) is 11.1. The van der Waals surface area contributed by atoms with Crippen LogP contribution in [0.2, 0.25) is 0 Å². The highest BCUT2D eigenvalue weighted by atomic mass is 79.9. The molecule has 0 bridgehead atoms. The molecule has 104 valence electrons. The first-order valence-corrected chi connectivity index (χ1v) is 7.14. The van der Waals surface area contributed by atoms with Crippen molar-refractivity contribution in [2.24, 2.45) is 0 Å². The third kappa shape index (κ3) is 3.90. The first-order valence-electron chi connectivity index (χ1n) is 6.35. The van der Waals surface area contributed by atoms with E-state index in [1.165, 1.54) is 12.1 Å². The van der Waals surface area contributed by atoms with Gasteiger partial charge in [0, 0.05) is 11.0 Å². The average Bonchev–Trinajstić information content (AvgIpc) is 2.41. The summed E-state index contributed by atoms with van der Waals surface area (Å²) in [5.74, 6) is -0.361. The van der Waals surface area contributed by atoms with Crippen molar-refractivity contribution >= 4 is 21.8 Å². The number of rotatable bonds is 4. The Bertz CT molecular complexity index is 610. The monoisotopic (exact) mass is 335 g/mol. The fraction of sp³-hybridized carbons (Fsp3) is 0.188. The fourth-order valence-corrected chi connectivity index (χ4v) is 2.54. The number of carbonyl (C=O) groups excluding carboxylic acids is 1. The Balaban J connectivity index is 1.90. The van der Waals surface area contributed by atoms with Crippen LogP contribution in [0.15, 0.2) is 46.9 Å². The van der Waals surface area contributed by atoms with E-state index in [1.54, 1.807) is 18.2 Å². The zero-order valence-corrected chi connectivity index (χ0v) is 12.7. The highest BCUT2D eigenvalue weighted by molar-refractivity contribution is 9.10. The number of aryl methyl sites for hydroxylation is 1.